The van der Waals surface area contributed by atoms with Crippen molar-refractivity contribution >= 4 is 23.9 Å². The average Bonchev–Trinajstić information content (AvgIpc) is 3.06. The third-order valence-corrected chi connectivity index (χ3v) is 10.0. The molecule has 4 unspecified atom stereocenters. The van der Waals surface area contributed by atoms with Gasteiger partial charge in [0.2, 0.25) is 0 Å². The van der Waals surface area contributed by atoms with E-state index in [1.165, 1.54) is 128 Å². The number of carbonyl (C=O) groups excluding carboxylic acids is 4. The zero-order valence-electron chi connectivity index (χ0n) is 32.6. The number of carbonyl (C=O) groups is 4. The molecule has 0 aromatic rings. The average molecular weight is 679 g/mol. The van der Waals surface area contributed by atoms with E-state index in [-0.39, 0.29) is 24.7 Å². The molecule has 4 atom stereocenters. The maximum absolute atomic E-state index is 12.3. The lowest BCUT2D eigenvalue weighted by atomic mass is 9.96. The van der Waals surface area contributed by atoms with Gasteiger partial charge >= 0.3 is 23.9 Å². The van der Waals surface area contributed by atoms with Crippen LogP contribution in [0, 0.1) is 23.7 Å². The molecule has 0 fully saturated rings. The molecule has 0 bridgehead atoms. The molecule has 0 saturated heterocycles. The Kier molecular flexibility index (Phi) is 31.3. The van der Waals surface area contributed by atoms with E-state index in [1.807, 2.05) is 0 Å². The molecule has 0 saturated carbocycles. The minimum Gasteiger partial charge on any atom is -0.393 e. The van der Waals surface area contributed by atoms with E-state index >= 15 is 0 Å². The van der Waals surface area contributed by atoms with Gasteiger partial charge in [-0.25, -0.2) is 0 Å². The molecular weight excluding hydrogens is 600 g/mol. The highest BCUT2D eigenvalue weighted by Gasteiger charge is 2.21. The van der Waals surface area contributed by atoms with Gasteiger partial charge in [0.25, 0.3) is 0 Å². The second-order valence-electron chi connectivity index (χ2n) is 15.2. The van der Waals surface area contributed by atoms with Gasteiger partial charge in [0.1, 0.15) is 0 Å². The maximum Gasteiger partial charge on any atom is 0.316 e. The van der Waals surface area contributed by atoms with Crippen molar-refractivity contribution < 1.29 is 28.7 Å². The highest BCUT2D eigenvalue weighted by Crippen LogP contribution is 2.20. The Balaban J connectivity index is 3.82. The minimum atomic E-state index is -0.745. The molecule has 282 valence electrons. The quantitative estimate of drug-likeness (QED) is 0.0390. The summed E-state index contributed by atoms with van der Waals surface area (Å²) in [5.41, 5.74) is 0. The van der Waals surface area contributed by atoms with Crippen molar-refractivity contribution in [3.63, 3.8) is 0 Å². The first-order valence-electron chi connectivity index (χ1n) is 20.6. The summed E-state index contributed by atoms with van der Waals surface area (Å²) < 4.78 is 9.91. The second-order valence-corrected chi connectivity index (χ2v) is 15.2. The Morgan fingerprint density at radius 1 is 0.375 bits per heavy atom. The molecule has 48 heavy (non-hydrogen) atoms. The molecule has 0 spiro atoms. The van der Waals surface area contributed by atoms with Gasteiger partial charge < -0.3 is 9.47 Å². The fourth-order valence-corrected chi connectivity index (χ4v) is 6.40. The number of unbranched alkanes of at least 4 members (excludes halogenated alkanes) is 16. The zero-order valence-corrected chi connectivity index (χ0v) is 32.6. The second kappa shape index (κ2) is 32.5. The minimum absolute atomic E-state index is 0.270. The van der Waals surface area contributed by atoms with Crippen LogP contribution in [0.4, 0.5) is 0 Å². The fourth-order valence-electron chi connectivity index (χ4n) is 6.40. The van der Waals surface area contributed by atoms with Crippen molar-refractivity contribution in [1.29, 1.82) is 0 Å². The molecular formula is C42H78O6. The lowest BCUT2D eigenvalue weighted by Gasteiger charge is -2.12. The summed E-state index contributed by atoms with van der Waals surface area (Å²) in [6, 6.07) is 0. The van der Waals surface area contributed by atoms with Gasteiger partial charge in [0, 0.05) is 0 Å². The van der Waals surface area contributed by atoms with Crippen LogP contribution in [-0.2, 0) is 28.7 Å². The monoisotopic (exact) mass is 679 g/mol. The van der Waals surface area contributed by atoms with E-state index in [9.17, 15) is 19.2 Å². The van der Waals surface area contributed by atoms with Gasteiger partial charge in [-0.05, 0) is 24.7 Å². The molecule has 6 heteroatoms. The SMILES string of the molecule is CCCCCCC(C)CCCCCCCCC(C)C(=O)OC(=O)CCC(=O)OC(=O)C(C)CCCCCCCCC(C)CCCCCC. The lowest BCUT2D eigenvalue weighted by Crippen LogP contribution is -2.22. The third kappa shape index (κ3) is 29.2. The van der Waals surface area contributed by atoms with Gasteiger partial charge in [-0.2, -0.15) is 0 Å². The molecule has 0 aliphatic carbocycles. The van der Waals surface area contributed by atoms with Crippen LogP contribution < -0.4 is 0 Å². The summed E-state index contributed by atoms with van der Waals surface area (Å²) >= 11 is 0. The van der Waals surface area contributed by atoms with Crippen LogP contribution in [0.2, 0.25) is 0 Å². The van der Waals surface area contributed by atoms with E-state index in [2.05, 4.69) is 27.7 Å². The van der Waals surface area contributed by atoms with E-state index in [0.717, 1.165) is 37.5 Å². The number of ether oxygens (including phenoxy) is 2. The van der Waals surface area contributed by atoms with Crippen LogP contribution in [0.1, 0.15) is 221 Å². The van der Waals surface area contributed by atoms with Crippen molar-refractivity contribution in [2.45, 2.75) is 221 Å². The first-order chi connectivity index (χ1) is 23.1. The summed E-state index contributed by atoms with van der Waals surface area (Å²) in [7, 11) is 0. The summed E-state index contributed by atoms with van der Waals surface area (Å²) in [5, 5.41) is 0. The van der Waals surface area contributed by atoms with Crippen LogP contribution in [0.5, 0.6) is 0 Å². The Morgan fingerprint density at radius 3 is 0.917 bits per heavy atom. The van der Waals surface area contributed by atoms with Gasteiger partial charge in [0.05, 0.1) is 24.7 Å². The molecule has 0 aromatic carbocycles. The Morgan fingerprint density at radius 2 is 0.625 bits per heavy atom. The standard InChI is InChI=1S/C42H78O6/c1-7-9-11-21-27-35(3)29-23-17-13-15-19-25-31-37(5)41(45)47-39(43)33-34-40(44)48-42(46)38(6)32-26-20-16-14-18-24-30-36(4)28-22-12-10-8-2/h35-38H,7-34H2,1-6H3. The van der Waals surface area contributed by atoms with Gasteiger partial charge in [0.15, 0.2) is 0 Å². The van der Waals surface area contributed by atoms with Crippen LogP contribution in [-0.4, -0.2) is 23.9 Å². The van der Waals surface area contributed by atoms with Gasteiger partial charge in [-0.1, -0.05) is 196 Å². The van der Waals surface area contributed by atoms with Crippen LogP contribution in [0.15, 0.2) is 0 Å². The Bertz CT molecular complexity index is 742. The van der Waals surface area contributed by atoms with Crippen molar-refractivity contribution in [3.8, 4) is 0 Å². The summed E-state index contributed by atoms with van der Waals surface area (Å²) in [4.78, 5) is 48.9. The summed E-state index contributed by atoms with van der Waals surface area (Å²) in [6.07, 6.45) is 31.0. The molecule has 0 aliphatic heterocycles. The molecule has 0 radical (unpaired) electrons. The summed E-state index contributed by atoms with van der Waals surface area (Å²) in [5.74, 6) is -1.62. The van der Waals surface area contributed by atoms with E-state index in [1.54, 1.807) is 13.8 Å². The van der Waals surface area contributed by atoms with Crippen molar-refractivity contribution in [2.75, 3.05) is 0 Å². The molecule has 0 rings (SSSR count). The molecule has 0 heterocycles. The fraction of sp³-hybridized carbons (Fsp3) is 0.905. The van der Waals surface area contributed by atoms with Crippen LogP contribution in [0.3, 0.4) is 0 Å². The van der Waals surface area contributed by atoms with E-state index in [0.29, 0.717) is 12.8 Å². The van der Waals surface area contributed by atoms with Gasteiger partial charge in [-0.15, -0.1) is 0 Å². The number of rotatable bonds is 33. The molecule has 0 N–H and O–H groups in total. The number of esters is 4. The molecule has 0 aromatic heterocycles. The first kappa shape index (κ1) is 46.3. The Hall–Kier alpha value is -1.72. The normalized spacial score (nSPS) is 13.9. The Labute approximate surface area is 297 Å². The van der Waals surface area contributed by atoms with Crippen molar-refractivity contribution in [1.82, 2.24) is 0 Å². The topological polar surface area (TPSA) is 86.7 Å². The van der Waals surface area contributed by atoms with E-state index < -0.39 is 23.9 Å². The maximum atomic E-state index is 12.3. The highest BCUT2D eigenvalue weighted by atomic mass is 16.6. The predicted octanol–water partition coefficient (Wildman–Crippen LogP) is 12.6. The molecule has 0 amide bonds. The van der Waals surface area contributed by atoms with Gasteiger partial charge in [-0.3, -0.25) is 19.2 Å². The smallest absolute Gasteiger partial charge is 0.316 e. The van der Waals surface area contributed by atoms with Crippen molar-refractivity contribution in [3.05, 3.63) is 0 Å². The van der Waals surface area contributed by atoms with Crippen molar-refractivity contribution in [2.24, 2.45) is 23.7 Å². The van der Waals surface area contributed by atoms with Crippen LogP contribution >= 0.6 is 0 Å². The third-order valence-electron chi connectivity index (χ3n) is 10.0. The molecule has 6 nitrogen and oxygen atoms in total. The largest absolute Gasteiger partial charge is 0.393 e. The predicted molar refractivity (Wildman–Crippen MR) is 199 cm³/mol. The van der Waals surface area contributed by atoms with Crippen LogP contribution in [0.25, 0.3) is 0 Å². The number of hydrogen-bond acceptors (Lipinski definition) is 6. The molecule has 0 aliphatic rings. The van der Waals surface area contributed by atoms with E-state index in [4.69, 9.17) is 9.47 Å². The highest BCUT2D eigenvalue weighted by molar-refractivity contribution is 5.90. The first-order valence-corrected chi connectivity index (χ1v) is 20.6. The summed E-state index contributed by atoms with van der Waals surface area (Å²) in [6.45, 7) is 12.8. The number of hydrogen-bond donors (Lipinski definition) is 0. The lowest BCUT2D eigenvalue weighted by molar-refractivity contribution is -0.167. The zero-order chi connectivity index (χ0) is 35.8.